The highest BCUT2D eigenvalue weighted by molar-refractivity contribution is 7.19. The van der Waals surface area contributed by atoms with Crippen molar-refractivity contribution in [3.8, 4) is 11.3 Å². The Morgan fingerprint density at radius 2 is 1.91 bits per heavy atom. The molecule has 0 spiro atoms. The monoisotopic (exact) mass is 313 g/mol. The third kappa shape index (κ3) is 2.41. The zero-order valence-electron chi connectivity index (χ0n) is 13.0. The standard InChI is InChI=1S/C17H19N3OS/c1-4-19(5-2)16(21)15-12(3)20-11-14(18-17(20)22-15)13-9-7-6-8-10-13/h6-11H,4-5H2,1-3H3. The van der Waals surface area contributed by atoms with E-state index in [1.54, 1.807) is 0 Å². The van der Waals surface area contributed by atoms with Crippen molar-refractivity contribution in [1.29, 1.82) is 0 Å². The minimum Gasteiger partial charge on any atom is -0.338 e. The fourth-order valence-electron chi connectivity index (χ4n) is 2.55. The van der Waals surface area contributed by atoms with E-state index in [0.717, 1.165) is 39.9 Å². The Hall–Kier alpha value is -2.14. The molecule has 0 saturated heterocycles. The lowest BCUT2D eigenvalue weighted by Gasteiger charge is -2.17. The maximum atomic E-state index is 12.5. The lowest BCUT2D eigenvalue weighted by molar-refractivity contribution is 0.0776. The number of thiazole rings is 1. The highest BCUT2D eigenvalue weighted by atomic mass is 32.1. The summed E-state index contributed by atoms with van der Waals surface area (Å²) in [6.45, 7) is 7.44. The highest BCUT2D eigenvalue weighted by Gasteiger charge is 2.21. The lowest BCUT2D eigenvalue weighted by atomic mass is 10.2. The molecule has 0 bridgehead atoms. The summed E-state index contributed by atoms with van der Waals surface area (Å²) in [5.41, 5.74) is 3.00. The average molecular weight is 313 g/mol. The number of amides is 1. The predicted octanol–water partition coefficient (Wildman–Crippen LogP) is 3.85. The Bertz CT molecular complexity index is 800. The van der Waals surface area contributed by atoms with Crippen molar-refractivity contribution in [2.24, 2.45) is 0 Å². The first-order chi connectivity index (χ1) is 10.7. The molecular weight excluding hydrogens is 294 g/mol. The summed E-state index contributed by atoms with van der Waals surface area (Å²) in [4.78, 5) is 20.7. The van der Waals surface area contributed by atoms with Crippen LogP contribution in [0.4, 0.5) is 0 Å². The quantitative estimate of drug-likeness (QED) is 0.733. The molecule has 3 aromatic rings. The van der Waals surface area contributed by atoms with E-state index >= 15 is 0 Å². The molecule has 114 valence electrons. The van der Waals surface area contributed by atoms with Gasteiger partial charge in [-0.15, -0.1) is 0 Å². The van der Waals surface area contributed by atoms with Gasteiger partial charge in [-0.05, 0) is 20.8 Å². The van der Waals surface area contributed by atoms with E-state index in [2.05, 4.69) is 4.98 Å². The van der Waals surface area contributed by atoms with Gasteiger partial charge in [0.1, 0.15) is 4.88 Å². The molecule has 22 heavy (non-hydrogen) atoms. The number of hydrogen-bond acceptors (Lipinski definition) is 3. The van der Waals surface area contributed by atoms with E-state index in [0.29, 0.717) is 0 Å². The van der Waals surface area contributed by atoms with Gasteiger partial charge in [0.05, 0.1) is 5.69 Å². The molecule has 0 aliphatic carbocycles. The van der Waals surface area contributed by atoms with Gasteiger partial charge in [-0.2, -0.15) is 0 Å². The molecule has 0 unspecified atom stereocenters. The van der Waals surface area contributed by atoms with E-state index in [4.69, 9.17) is 0 Å². The first kappa shape index (κ1) is 14.8. The summed E-state index contributed by atoms with van der Waals surface area (Å²) >= 11 is 1.47. The molecule has 0 fully saturated rings. The van der Waals surface area contributed by atoms with Gasteiger partial charge in [0.15, 0.2) is 4.96 Å². The van der Waals surface area contributed by atoms with Crippen LogP contribution in [0.25, 0.3) is 16.2 Å². The van der Waals surface area contributed by atoms with Gasteiger partial charge in [-0.3, -0.25) is 9.20 Å². The van der Waals surface area contributed by atoms with Gasteiger partial charge in [-0.25, -0.2) is 4.98 Å². The van der Waals surface area contributed by atoms with E-state index in [9.17, 15) is 4.79 Å². The number of carbonyl (C=O) groups is 1. The van der Waals surface area contributed by atoms with Crippen molar-refractivity contribution < 1.29 is 4.79 Å². The molecule has 1 amide bonds. The Kier molecular flexibility index (Phi) is 3.98. The van der Waals surface area contributed by atoms with E-state index in [-0.39, 0.29) is 5.91 Å². The van der Waals surface area contributed by atoms with Crippen LogP contribution >= 0.6 is 11.3 Å². The van der Waals surface area contributed by atoms with Crippen LogP contribution in [-0.2, 0) is 0 Å². The molecular formula is C17H19N3OS. The van der Waals surface area contributed by atoms with Crippen LogP contribution in [0.15, 0.2) is 36.5 Å². The zero-order valence-corrected chi connectivity index (χ0v) is 13.9. The molecule has 2 aromatic heterocycles. The summed E-state index contributed by atoms with van der Waals surface area (Å²) in [5, 5.41) is 0. The molecule has 1 aromatic carbocycles. The number of carbonyl (C=O) groups excluding carboxylic acids is 1. The fourth-order valence-corrected chi connectivity index (χ4v) is 3.63. The molecule has 2 heterocycles. The minimum absolute atomic E-state index is 0.0965. The highest BCUT2D eigenvalue weighted by Crippen LogP contribution is 2.27. The smallest absolute Gasteiger partial charge is 0.265 e. The summed E-state index contributed by atoms with van der Waals surface area (Å²) in [5.74, 6) is 0.0965. The van der Waals surface area contributed by atoms with Crippen molar-refractivity contribution in [2.75, 3.05) is 13.1 Å². The second-order valence-electron chi connectivity index (χ2n) is 5.14. The number of imidazole rings is 1. The third-order valence-electron chi connectivity index (χ3n) is 3.87. The predicted molar refractivity (Wildman–Crippen MR) is 90.5 cm³/mol. The second kappa shape index (κ2) is 5.93. The van der Waals surface area contributed by atoms with E-state index in [1.165, 1.54) is 11.3 Å². The molecule has 3 rings (SSSR count). The summed E-state index contributed by atoms with van der Waals surface area (Å²) in [6, 6.07) is 10.1. The average Bonchev–Trinajstić information content (AvgIpc) is 3.09. The van der Waals surface area contributed by atoms with Crippen LogP contribution in [0, 0.1) is 6.92 Å². The molecule has 4 nitrogen and oxygen atoms in total. The van der Waals surface area contributed by atoms with Gasteiger partial charge in [0, 0.05) is 30.5 Å². The number of aryl methyl sites for hydroxylation is 1. The summed E-state index contributed by atoms with van der Waals surface area (Å²) in [6.07, 6.45) is 2.01. The minimum atomic E-state index is 0.0965. The van der Waals surface area contributed by atoms with Crippen LogP contribution < -0.4 is 0 Å². The van der Waals surface area contributed by atoms with Gasteiger partial charge in [0.25, 0.3) is 5.91 Å². The van der Waals surface area contributed by atoms with Crippen LogP contribution in [0.5, 0.6) is 0 Å². The number of rotatable bonds is 4. The van der Waals surface area contributed by atoms with Crippen LogP contribution in [0.1, 0.15) is 29.2 Å². The molecule has 0 saturated carbocycles. The third-order valence-corrected chi connectivity index (χ3v) is 5.02. The van der Waals surface area contributed by atoms with E-state index in [1.807, 2.05) is 66.6 Å². The SMILES string of the molecule is CCN(CC)C(=O)c1sc2nc(-c3ccccc3)cn2c1C. The number of benzene rings is 1. The normalized spacial score (nSPS) is 11.0. The second-order valence-corrected chi connectivity index (χ2v) is 6.12. The van der Waals surface area contributed by atoms with Gasteiger partial charge < -0.3 is 4.90 Å². The van der Waals surface area contributed by atoms with Gasteiger partial charge in [-0.1, -0.05) is 41.7 Å². The fraction of sp³-hybridized carbons (Fsp3) is 0.294. The number of nitrogens with zero attached hydrogens (tertiary/aromatic N) is 3. The molecule has 0 aliphatic rings. The Morgan fingerprint density at radius 3 is 2.50 bits per heavy atom. The van der Waals surface area contributed by atoms with E-state index < -0.39 is 0 Å². The first-order valence-corrected chi connectivity index (χ1v) is 8.30. The Balaban J connectivity index is 2.02. The van der Waals surface area contributed by atoms with Crippen molar-refractivity contribution >= 4 is 22.2 Å². The topological polar surface area (TPSA) is 37.6 Å². The largest absolute Gasteiger partial charge is 0.338 e. The summed E-state index contributed by atoms with van der Waals surface area (Å²) < 4.78 is 2.02. The van der Waals surface area contributed by atoms with Gasteiger partial charge >= 0.3 is 0 Å². The summed E-state index contributed by atoms with van der Waals surface area (Å²) in [7, 11) is 0. The lowest BCUT2D eigenvalue weighted by Crippen LogP contribution is -2.30. The Labute approximate surface area is 134 Å². The van der Waals surface area contributed by atoms with Crippen molar-refractivity contribution in [2.45, 2.75) is 20.8 Å². The zero-order chi connectivity index (χ0) is 15.7. The maximum Gasteiger partial charge on any atom is 0.265 e. The number of fused-ring (bicyclic) bond motifs is 1. The first-order valence-electron chi connectivity index (χ1n) is 7.48. The number of hydrogen-bond donors (Lipinski definition) is 0. The van der Waals surface area contributed by atoms with Crippen molar-refractivity contribution in [1.82, 2.24) is 14.3 Å². The molecule has 0 radical (unpaired) electrons. The molecule has 0 aliphatic heterocycles. The maximum absolute atomic E-state index is 12.5. The van der Waals surface area contributed by atoms with Crippen molar-refractivity contribution in [3.05, 3.63) is 47.1 Å². The van der Waals surface area contributed by atoms with Crippen molar-refractivity contribution in [3.63, 3.8) is 0 Å². The Morgan fingerprint density at radius 1 is 1.23 bits per heavy atom. The molecule has 0 atom stereocenters. The van der Waals surface area contributed by atoms with Gasteiger partial charge in [0.2, 0.25) is 0 Å². The van der Waals surface area contributed by atoms with Crippen LogP contribution in [-0.4, -0.2) is 33.3 Å². The van der Waals surface area contributed by atoms with Crippen LogP contribution in [0.2, 0.25) is 0 Å². The molecule has 5 heteroatoms. The van der Waals surface area contributed by atoms with Crippen LogP contribution in [0.3, 0.4) is 0 Å². The number of aromatic nitrogens is 2. The molecule has 0 N–H and O–H groups in total.